The summed E-state index contributed by atoms with van der Waals surface area (Å²) in [7, 11) is 0. The average Bonchev–Trinajstić information content (AvgIpc) is 2.55. The van der Waals surface area contributed by atoms with Gasteiger partial charge in [0, 0.05) is 32.7 Å². The number of nitrogens with zero attached hydrogens (tertiary/aromatic N) is 1. The number of nitrogens with one attached hydrogen (secondary N) is 2. The van der Waals surface area contributed by atoms with Crippen molar-refractivity contribution < 1.29 is 22.4 Å². The second kappa shape index (κ2) is 9.01. The van der Waals surface area contributed by atoms with Crippen LogP contribution in [0.15, 0.2) is 24.3 Å². The molecule has 1 unspecified atom stereocenters. The molecule has 1 amide bonds. The minimum Gasteiger partial charge on any atom is -0.353 e. The molecule has 2 N–H and O–H groups in total. The predicted molar refractivity (Wildman–Crippen MR) is 94.0 cm³/mol. The summed E-state index contributed by atoms with van der Waals surface area (Å²) >= 11 is 0. The minimum atomic E-state index is -4.43. The smallest absolute Gasteiger partial charge is 0.353 e. The predicted octanol–water partition coefficient (Wildman–Crippen LogP) is 2.48. The molecule has 1 saturated heterocycles. The van der Waals surface area contributed by atoms with Crippen molar-refractivity contribution in [2.24, 2.45) is 0 Å². The van der Waals surface area contributed by atoms with Crippen LogP contribution in [0.3, 0.4) is 0 Å². The number of halogens is 5. The first kappa shape index (κ1) is 22.7. The molecule has 9 heteroatoms. The van der Waals surface area contributed by atoms with Gasteiger partial charge in [-0.1, -0.05) is 12.1 Å². The van der Waals surface area contributed by atoms with Gasteiger partial charge in [-0.05, 0) is 31.5 Å². The molecule has 1 atom stereocenters. The number of carbonyl (C=O) groups is 1. The van der Waals surface area contributed by atoms with E-state index in [4.69, 9.17) is 0 Å². The van der Waals surface area contributed by atoms with Crippen molar-refractivity contribution in [1.29, 1.82) is 0 Å². The van der Waals surface area contributed by atoms with E-state index >= 15 is 0 Å². The summed E-state index contributed by atoms with van der Waals surface area (Å²) in [5.41, 5.74) is -0.523. The zero-order valence-electron chi connectivity index (χ0n) is 14.7. The highest BCUT2D eigenvalue weighted by Gasteiger charge is 2.44. The first-order valence-corrected chi connectivity index (χ1v) is 8.18. The van der Waals surface area contributed by atoms with Crippen LogP contribution in [-0.2, 0) is 10.2 Å². The Hall–Kier alpha value is -1.38. The summed E-state index contributed by atoms with van der Waals surface area (Å²) in [6, 6.07) is 3.66. The molecule has 0 saturated carbocycles. The van der Waals surface area contributed by atoms with Crippen LogP contribution in [0.25, 0.3) is 0 Å². The maximum Gasteiger partial charge on any atom is 0.405 e. The number of piperazine rings is 1. The van der Waals surface area contributed by atoms with E-state index in [-0.39, 0.29) is 25.5 Å². The third kappa shape index (κ3) is 5.56. The molecule has 4 nitrogen and oxygen atoms in total. The topological polar surface area (TPSA) is 44.4 Å². The van der Waals surface area contributed by atoms with Crippen molar-refractivity contribution in [2.75, 3.05) is 32.7 Å². The van der Waals surface area contributed by atoms with Crippen molar-refractivity contribution in [3.05, 3.63) is 35.6 Å². The van der Waals surface area contributed by atoms with Crippen molar-refractivity contribution in [1.82, 2.24) is 15.5 Å². The van der Waals surface area contributed by atoms with Crippen molar-refractivity contribution in [3.8, 4) is 0 Å². The molecular formula is C17H24ClF4N3O. The van der Waals surface area contributed by atoms with E-state index < -0.39 is 35.9 Å². The van der Waals surface area contributed by atoms with Crippen molar-refractivity contribution in [3.63, 3.8) is 0 Å². The molecule has 0 spiro atoms. The number of rotatable bonds is 5. The SMILES string of the molecule is CC(C)(C(=O)NCC(N1CCNCC1)C(F)(F)F)c1ccc(F)cc1.Cl. The Kier molecular flexibility index (Phi) is 7.85. The van der Waals surface area contributed by atoms with Gasteiger partial charge in [0.1, 0.15) is 11.9 Å². The van der Waals surface area contributed by atoms with Crippen LogP contribution in [0.2, 0.25) is 0 Å². The molecule has 2 rings (SSSR count). The van der Waals surface area contributed by atoms with E-state index in [9.17, 15) is 22.4 Å². The fraction of sp³-hybridized carbons (Fsp3) is 0.588. The van der Waals surface area contributed by atoms with E-state index in [0.717, 1.165) is 0 Å². The fourth-order valence-corrected chi connectivity index (χ4v) is 2.85. The van der Waals surface area contributed by atoms with E-state index in [2.05, 4.69) is 10.6 Å². The summed E-state index contributed by atoms with van der Waals surface area (Å²) < 4.78 is 53.1. The Bertz CT molecular complexity index is 587. The first-order valence-electron chi connectivity index (χ1n) is 8.18. The Morgan fingerprint density at radius 3 is 2.23 bits per heavy atom. The second-order valence-corrected chi connectivity index (χ2v) is 6.69. The van der Waals surface area contributed by atoms with Gasteiger partial charge in [-0.15, -0.1) is 12.4 Å². The van der Waals surface area contributed by atoms with Crippen LogP contribution in [0.5, 0.6) is 0 Å². The lowest BCUT2D eigenvalue weighted by Gasteiger charge is -2.36. The summed E-state index contributed by atoms with van der Waals surface area (Å²) in [4.78, 5) is 13.8. The van der Waals surface area contributed by atoms with Gasteiger partial charge in [-0.2, -0.15) is 13.2 Å². The molecule has 1 aliphatic heterocycles. The lowest BCUT2D eigenvalue weighted by molar-refractivity contribution is -0.184. The van der Waals surface area contributed by atoms with Gasteiger partial charge in [0.25, 0.3) is 0 Å². The van der Waals surface area contributed by atoms with Gasteiger partial charge in [0.15, 0.2) is 0 Å². The Labute approximate surface area is 156 Å². The van der Waals surface area contributed by atoms with Gasteiger partial charge in [0.05, 0.1) is 5.41 Å². The van der Waals surface area contributed by atoms with Crippen LogP contribution < -0.4 is 10.6 Å². The summed E-state index contributed by atoms with van der Waals surface area (Å²) in [6.07, 6.45) is -4.43. The van der Waals surface area contributed by atoms with Crippen LogP contribution in [-0.4, -0.2) is 55.7 Å². The van der Waals surface area contributed by atoms with E-state index in [1.165, 1.54) is 29.2 Å². The Morgan fingerprint density at radius 2 is 1.73 bits per heavy atom. The molecule has 1 fully saturated rings. The van der Waals surface area contributed by atoms with Crippen LogP contribution in [0.4, 0.5) is 17.6 Å². The largest absolute Gasteiger partial charge is 0.405 e. The normalized spacial score (nSPS) is 17.3. The molecule has 0 aliphatic carbocycles. The van der Waals surface area contributed by atoms with Gasteiger partial charge in [0.2, 0.25) is 5.91 Å². The lowest BCUT2D eigenvalue weighted by Crippen LogP contribution is -2.58. The molecular weight excluding hydrogens is 374 g/mol. The average molecular weight is 398 g/mol. The standard InChI is InChI=1S/C17H23F4N3O.ClH/c1-16(2,12-3-5-13(18)6-4-12)15(25)23-11-14(17(19,20)21)24-9-7-22-8-10-24;/h3-6,14,22H,7-11H2,1-2H3,(H,23,25);1H. The number of benzene rings is 1. The monoisotopic (exact) mass is 397 g/mol. The van der Waals surface area contributed by atoms with Gasteiger partial charge < -0.3 is 10.6 Å². The second-order valence-electron chi connectivity index (χ2n) is 6.69. The first-order chi connectivity index (χ1) is 11.6. The Morgan fingerprint density at radius 1 is 1.19 bits per heavy atom. The minimum absolute atomic E-state index is 0. The van der Waals surface area contributed by atoms with E-state index in [0.29, 0.717) is 18.7 Å². The van der Waals surface area contributed by atoms with Crippen LogP contribution >= 0.6 is 12.4 Å². The maximum absolute atomic E-state index is 13.4. The van der Waals surface area contributed by atoms with Gasteiger partial charge in [-0.25, -0.2) is 4.39 Å². The zero-order valence-corrected chi connectivity index (χ0v) is 15.5. The zero-order chi connectivity index (χ0) is 18.7. The molecule has 148 valence electrons. The van der Waals surface area contributed by atoms with Crippen molar-refractivity contribution in [2.45, 2.75) is 31.5 Å². The van der Waals surface area contributed by atoms with Crippen LogP contribution in [0.1, 0.15) is 19.4 Å². The molecule has 0 bridgehead atoms. The summed E-state index contributed by atoms with van der Waals surface area (Å²) in [5, 5.41) is 5.43. The van der Waals surface area contributed by atoms with Crippen LogP contribution in [0, 0.1) is 5.82 Å². The lowest BCUT2D eigenvalue weighted by atomic mass is 9.83. The highest BCUT2D eigenvalue weighted by atomic mass is 35.5. The van der Waals surface area contributed by atoms with Gasteiger partial charge in [-0.3, -0.25) is 9.69 Å². The number of hydrogen-bond acceptors (Lipinski definition) is 3. The number of amides is 1. The molecule has 1 heterocycles. The Balaban J connectivity index is 0.00000338. The third-order valence-corrected chi connectivity index (χ3v) is 4.56. The quantitative estimate of drug-likeness (QED) is 0.750. The summed E-state index contributed by atoms with van der Waals surface area (Å²) in [6.45, 7) is 4.23. The third-order valence-electron chi connectivity index (χ3n) is 4.56. The fourth-order valence-electron chi connectivity index (χ4n) is 2.85. The number of carbonyl (C=O) groups excluding carboxylic acids is 1. The molecule has 0 aromatic heterocycles. The van der Waals surface area contributed by atoms with E-state index in [1.807, 2.05) is 0 Å². The highest BCUT2D eigenvalue weighted by molar-refractivity contribution is 5.87. The maximum atomic E-state index is 13.4. The molecule has 1 aromatic carbocycles. The van der Waals surface area contributed by atoms with Gasteiger partial charge >= 0.3 is 6.18 Å². The van der Waals surface area contributed by atoms with E-state index in [1.54, 1.807) is 13.8 Å². The van der Waals surface area contributed by atoms with Crippen molar-refractivity contribution >= 4 is 18.3 Å². The number of hydrogen-bond donors (Lipinski definition) is 2. The molecule has 0 radical (unpaired) electrons. The molecule has 1 aliphatic rings. The highest BCUT2D eigenvalue weighted by Crippen LogP contribution is 2.26. The molecule has 26 heavy (non-hydrogen) atoms. The summed E-state index contributed by atoms with van der Waals surface area (Å²) in [5.74, 6) is -0.959. The number of alkyl halides is 3. The molecule has 1 aromatic rings.